The molecule has 0 bridgehead atoms. The Balaban J connectivity index is 1.60. The number of hydrogen-bond donors (Lipinski definition) is 2. The van der Waals surface area contributed by atoms with Crippen LogP contribution >= 0.6 is 15.9 Å². The molecule has 0 atom stereocenters. The Morgan fingerprint density at radius 1 is 1.42 bits per heavy atom. The molecular weight excluding hydrogens is 402 g/mol. The number of carbonyl (C=O) groups is 1. The lowest BCUT2D eigenvalue weighted by atomic mass is 9.77. The Hall–Kier alpha value is -1.93. The quantitative estimate of drug-likeness (QED) is 0.766. The van der Waals surface area contributed by atoms with Gasteiger partial charge in [0.05, 0.1) is 16.4 Å². The number of halogens is 1. The van der Waals surface area contributed by atoms with Gasteiger partial charge >= 0.3 is 0 Å². The van der Waals surface area contributed by atoms with Crippen molar-refractivity contribution in [2.75, 3.05) is 0 Å². The Kier molecular flexibility index (Phi) is 4.27. The van der Waals surface area contributed by atoms with E-state index in [9.17, 15) is 14.7 Å². The molecule has 1 aromatic heterocycles. The van der Waals surface area contributed by atoms with Crippen LogP contribution in [0.2, 0.25) is 0 Å². The molecule has 0 radical (unpaired) electrons. The number of ether oxygens (including phenoxy) is 1. The molecule has 0 saturated heterocycles. The number of nitrogens with one attached hydrogen (secondary N) is 1. The third-order valence-electron chi connectivity index (χ3n) is 4.72. The fourth-order valence-electron chi connectivity index (χ4n) is 3.28. The standard InChI is InChI=1S/C18H20BrN3O4/c1-18(25)7-11(8-18)20-15(23)9-22-17(24)13-5-2-10(19)6-14(13)16(21-22)26-12-3-4-12/h2,5-6,11-12,25H,3-4,7-9H2,1H3,(H,20,23)/t11-,18-. The fraction of sp³-hybridized carbons (Fsp3) is 0.500. The molecule has 0 unspecified atom stereocenters. The molecule has 26 heavy (non-hydrogen) atoms. The smallest absolute Gasteiger partial charge is 0.275 e. The predicted molar refractivity (Wildman–Crippen MR) is 99.1 cm³/mol. The molecule has 2 N–H and O–H groups in total. The average molecular weight is 422 g/mol. The van der Waals surface area contributed by atoms with Gasteiger partial charge in [0.25, 0.3) is 5.56 Å². The van der Waals surface area contributed by atoms with Crippen LogP contribution in [0.15, 0.2) is 27.5 Å². The number of aliphatic hydroxyl groups is 1. The first-order valence-electron chi connectivity index (χ1n) is 8.69. The SMILES string of the molecule is C[C@]1(O)C[C@H](NC(=O)Cn2nc(OC3CC3)c3cc(Br)ccc3c2=O)C1. The van der Waals surface area contributed by atoms with Gasteiger partial charge in [0.2, 0.25) is 11.8 Å². The third-order valence-corrected chi connectivity index (χ3v) is 5.22. The number of benzene rings is 1. The van der Waals surface area contributed by atoms with Gasteiger partial charge in [-0.2, -0.15) is 0 Å². The molecule has 1 heterocycles. The number of carbonyl (C=O) groups excluding carboxylic acids is 1. The van der Waals surface area contributed by atoms with E-state index in [4.69, 9.17) is 4.74 Å². The average Bonchev–Trinajstić information content (AvgIpc) is 3.34. The molecule has 2 aromatic rings. The maximum absolute atomic E-state index is 12.7. The number of hydrogen-bond acceptors (Lipinski definition) is 5. The van der Waals surface area contributed by atoms with Gasteiger partial charge in [-0.15, -0.1) is 5.10 Å². The van der Waals surface area contributed by atoms with Gasteiger partial charge in [-0.25, -0.2) is 4.68 Å². The molecule has 2 aliphatic carbocycles. The predicted octanol–water partition coefficient (Wildman–Crippen LogP) is 1.73. The van der Waals surface area contributed by atoms with E-state index in [-0.39, 0.29) is 30.2 Å². The van der Waals surface area contributed by atoms with Crippen LogP contribution in [0, 0.1) is 0 Å². The van der Waals surface area contributed by atoms with Crippen LogP contribution in [-0.2, 0) is 11.3 Å². The van der Waals surface area contributed by atoms with Crippen molar-refractivity contribution in [3.8, 4) is 5.88 Å². The van der Waals surface area contributed by atoms with Crippen LogP contribution < -0.4 is 15.6 Å². The minimum Gasteiger partial charge on any atom is -0.473 e. The molecule has 8 heteroatoms. The molecule has 2 aliphatic rings. The van der Waals surface area contributed by atoms with Gasteiger partial charge in [0, 0.05) is 10.5 Å². The molecular formula is C18H20BrN3O4. The number of fused-ring (bicyclic) bond motifs is 1. The van der Waals surface area contributed by atoms with Gasteiger partial charge in [-0.3, -0.25) is 9.59 Å². The van der Waals surface area contributed by atoms with Crippen molar-refractivity contribution in [3.05, 3.63) is 33.0 Å². The molecule has 1 amide bonds. The van der Waals surface area contributed by atoms with Crippen LogP contribution in [0.4, 0.5) is 0 Å². The second-order valence-electron chi connectivity index (χ2n) is 7.44. The summed E-state index contributed by atoms with van der Waals surface area (Å²) in [6, 6.07) is 5.24. The van der Waals surface area contributed by atoms with E-state index < -0.39 is 5.60 Å². The molecule has 2 fully saturated rings. The van der Waals surface area contributed by atoms with Crippen molar-refractivity contribution in [3.63, 3.8) is 0 Å². The molecule has 2 saturated carbocycles. The van der Waals surface area contributed by atoms with E-state index >= 15 is 0 Å². The zero-order chi connectivity index (χ0) is 18.5. The first-order chi connectivity index (χ1) is 12.3. The summed E-state index contributed by atoms with van der Waals surface area (Å²) in [6.45, 7) is 1.56. The summed E-state index contributed by atoms with van der Waals surface area (Å²) in [5.74, 6) is 0.0803. The van der Waals surface area contributed by atoms with Crippen molar-refractivity contribution in [2.24, 2.45) is 0 Å². The summed E-state index contributed by atoms with van der Waals surface area (Å²) in [5.41, 5.74) is -1.04. The van der Waals surface area contributed by atoms with Crippen molar-refractivity contribution >= 4 is 32.6 Å². The summed E-state index contributed by atoms with van der Waals surface area (Å²) < 4.78 is 7.84. The first-order valence-corrected chi connectivity index (χ1v) is 9.49. The molecule has 138 valence electrons. The Bertz CT molecular complexity index is 928. The van der Waals surface area contributed by atoms with Gasteiger partial charge in [0.1, 0.15) is 12.6 Å². The van der Waals surface area contributed by atoms with Crippen LogP contribution in [0.3, 0.4) is 0 Å². The van der Waals surface area contributed by atoms with Crippen LogP contribution in [0.1, 0.15) is 32.6 Å². The Morgan fingerprint density at radius 2 is 2.15 bits per heavy atom. The zero-order valence-electron chi connectivity index (χ0n) is 14.4. The monoisotopic (exact) mass is 421 g/mol. The van der Waals surface area contributed by atoms with Gasteiger partial charge in [-0.05, 0) is 50.8 Å². The normalized spacial score (nSPS) is 25.0. The van der Waals surface area contributed by atoms with E-state index in [0.717, 1.165) is 22.0 Å². The van der Waals surface area contributed by atoms with Crippen molar-refractivity contribution in [1.82, 2.24) is 15.1 Å². The lowest BCUT2D eigenvalue weighted by Crippen LogP contribution is -2.54. The largest absolute Gasteiger partial charge is 0.473 e. The number of rotatable bonds is 5. The summed E-state index contributed by atoms with van der Waals surface area (Å²) in [6.07, 6.45) is 3.10. The number of nitrogens with zero attached hydrogens (tertiary/aromatic N) is 2. The maximum atomic E-state index is 12.7. The summed E-state index contributed by atoms with van der Waals surface area (Å²) in [5, 5.41) is 18.0. The maximum Gasteiger partial charge on any atom is 0.275 e. The summed E-state index contributed by atoms with van der Waals surface area (Å²) in [7, 11) is 0. The topological polar surface area (TPSA) is 93.5 Å². The molecule has 7 nitrogen and oxygen atoms in total. The van der Waals surface area contributed by atoms with E-state index in [1.807, 2.05) is 6.07 Å². The van der Waals surface area contributed by atoms with Crippen molar-refractivity contribution in [2.45, 2.75) is 56.9 Å². The number of aromatic nitrogens is 2. The van der Waals surface area contributed by atoms with Gasteiger partial charge < -0.3 is 15.2 Å². The second kappa shape index (κ2) is 6.35. The fourth-order valence-corrected chi connectivity index (χ4v) is 3.64. The van der Waals surface area contributed by atoms with Crippen LogP contribution in [0.5, 0.6) is 5.88 Å². The summed E-state index contributed by atoms with van der Waals surface area (Å²) in [4.78, 5) is 25.0. The highest BCUT2D eigenvalue weighted by Gasteiger charge is 2.39. The minimum absolute atomic E-state index is 0.0631. The van der Waals surface area contributed by atoms with Crippen LogP contribution in [0.25, 0.3) is 10.8 Å². The third kappa shape index (κ3) is 3.61. The highest BCUT2D eigenvalue weighted by Crippen LogP contribution is 2.32. The minimum atomic E-state index is -0.714. The van der Waals surface area contributed by atoms with Crippen molar-refractivity contribution in [1.29, 1.82) is 0 Å². The van der Waals surface area contributed by atoms with Gasteiger partial charge in [-0.1, -0.05) is 15.9 Å². The van der Waals surface area contributed by atoms with E-state index in [0.29, 0.717) is 29.5 Å². The lowest BCUT2D eigenvalue weighted by molar-refractivity contribution is -0.125. The Morgan fingerprint density at radius 3 is 2.81 bits per heavy atom. The Labute approximate surface area is 158 Å². The van der Waals surface area contributed by atoms with Crippen molar-refractivity contribution < 1.29 is 14.6 Å². The van der Waals surface area contributed by atoms with E-state index in [1.165, 1.54) is 0 Å². The first kappa shape index (κ1) is 17.5. The molecule has 0 spiro atoms. The molecule has 4 rings (SSSR count). The second-order valence-corrected chi connectivity index (χ2v) is 8.36. The summed E-state index contributed by atoms with van der Waals surface area (Å²) >= 11 is 3.41. The van der Waals surface area contributed by atoms with E-state index in [2.05, 4.69) is 26.3 Å². The lowest BCUT2D eigenvalue weighted by Gasteiger charge is -2.41. The van der Waals surface area contributed by atoms with Crippen LogP contribution in [-0.4, -0.2) is 38.5 Å². The van der Waals surface area contributed by atoms with E-state index in [1.54, 1.807) is 19.1 Å². The van der Waals surface area contributed by atoms with Gasteiger partial charge in [0.15, 0.2) is 0 Å². The molecule has 0 aliphatic heterocycles. The number of amides is 1. The highest BCUT2D eigenvalue weighted by atomic mass is 79.9. The highest BCUT2D eigenvalue weighted by molar-refractivity contribution is 9.10. The molecule has 1 aromatic carbocycles. The zero-order valence-corrected chi connectivity index (χ0v) is 16.0.